The molecule has 7 nitrogen and oxygen atoms in total. The summed E-state index contributed by atoms with van der Waals surface area (Å²) in [5, 5.41) is 0. The van der Waals surface area contributed by atoms with E-state index in [1.807, 2.05) is 13.8 Å². The molecule has 0 heterocycles. The van der Waals surface area contributed by atoms with Gasteiger partial charge in [0.15, 0.2) is 0 Å². The van der Waals surface area contributed by atoms with Crippen LogP contribution in [0.2, 0.25) is 0 Å². The van der Waals surface area contributed by atoms with Crippen molar-refractivity contribution in [3.63, 3.8) is 0 Å². The molecule has 9 heteroatoms. The van der Waals surface area contributed by atoms with Gasteiger partial charge in [0.1, 0.15) is 12.7 Å². The molecule has 38 heavy (non-hydrogen) atoms. The largest absolute Gasteiger partial charge is 0.461 e. The summed E-state index contributed by atoms with van der Waals surface area (Å²) in [6, 6.07) is 0. The summed E-state index contributed by atoms with van der Waals surface area (Å²) in [6.45, 7) is 4.59. The monoisotopic (exact) mass is 568 g/mol. The third-order valence-corrected chi connectivity index (χ3v) is 11.6. The van der Waals surface area contributed by atoms with Crippen molar-refractivity contribution in [3.05, 3.63) is 24.3 Å². The second-order valence-corrected chi connectivity index (χ2v) is 14.5. The van der Waals surface area contributed by atoms with Crippen LogP contribution in [0.3, 0.4) is 0 Å². The predicted molar refractivity (Wildman–Crippen MR) is 150 cm³/mol. The van der Waals surface area contributed by atoms with Crippen LogP contribution in [-0.2, 0) is 32.7 Å². The van der Waals surface area contributed by atoms with Gasteiger partial charge < -0.3 is 18.5 Å². The van der Waals surface area contributed by atoms with E-state index in [1.165, 1.54) is 0 Å². The smallest absolute Gasteiger partial charge is 0.330 e. The van der Waals surface area contributed by atoms with Crippen molar-refractivity contribution in [2.24, 2.45) is 35.5 Å². The van der Waals surface area contributed by atoms with Crippen LogP contribution in [0.4, 0.5) is 0 Å². The average Bonchev–Trinajstić information content (AvgIpc) is 3.71. The van der Waals surface area contributed by atoms with Gasteiger partial charge in [0, 0.05) is 5.75 Å². The Morgan fingerprint density at radius 2 is 1.45 bits per heavy atom. The van der Waals surface area contributed by atoms with Crippen LogP contribution in [0, 0.1) is 35.5 Å². The highest BCUT2D eigenvalue weighted by molar-refractivity contribution is 7.99. The lowest BCUT2D eigenvalue weighted by Gasteiger charge is -2.24. The van der Waals surface area contributed by atoms with Crippen LogP contribution >= 0.6 is 19.4 Å². The Morgan fingerprint density at radius 1 is 0.842 bits per heavy atom. The molecular weight excluding hydrogens is 523 g/mol. The number of esters is 2. The lowest BCUT2D eigenvalue weighted by atomic mass is 9.94. The van der Waals surface area contributed by atoms with Gasteiger partial charge in [-0.15, -0.1) is 0 Å². The summed E-state index contributed by atoms with van der Waals surface area (Å²) in [5.41, 5.74) is 0. The average molecular weight is 569 g/mol. The number of hydrogen-bond acceptors (Lipinski definition) is 8. The van der Waals surface area contributed by atoms with Crippen molar-refractivity contribution in [2.45, 2.75) is 71.3 Å². The fourth-order valence-electron chi connectivity index (χ4n) is 6.39. The van der Waals surface area contributed by atoms with E-state index in [9.17, 15) is 14.2 Å². The van der Waals surface area contributed by atoms with Crippen LogP contribution in [0.1, 0.15) is 65.2 Å². The summed E-state index contributed by atoms with van der Waals surface area (Å²) in [6.07, 6.45) is 16.5. The normalized spacial score (nSPS) is 29.7. The second kappa shape index (κ2) is 14.5. The van der Waals surface area contributed by atoms with Gasteiger partial charge in [-0.3, -0.25) is 14.2 Å². The van der Waals surface area contributed by atoms with E-state index >= 15 is 0 Å². The highest BCUT2D eigenvalue weighted by atomic mass is 32.2. The van der Waals surface area contributed by atoms with Crippen LogP contribution in [0.15, 0.2) is 24.3 Å². The molecule has 0 aromatic rings. The molecule has 0 aromatic heterocycles. The Balaban J connectivity index is 1.17. The fourth-order valence-corrected chi connectivity index (χ4v) is 9.12. The molecule has 0 amide bonds. The van der Waals surface area contributed by atoms with Crippen molar-refractivity contribution in [2.75, 3.05) is 37.5 Å². The first-order chi connectivity index (χ1) is 18.4. The van der Waals surface area contributed by atoms with E-state index in [0.29, 0.717) is 48.8 Å². The maximum Gasteiger partial charge on any atom is 0.330 e. The molecule has 4 rings (SSSR count). The van der Waals surface area contributed by atoms with Gasteiger partial charge >= 0.3 is 19.5 Å². The Hall–Kier alpha value is -1.08. The van der Waals surface area contributed by atoms with E-state index in [2.05, 4.69) is 24.3 Å². The predicted octanol–water partition coefficient (Wildman–Crippen LogP) is 6.43. The van der Waals surface area contributed by atoms with Gasteiger partial charge in [-0.2, -0.15) is 11.8 Å². The number of rotatable bonds is 18. The Morgan fingerprint density at radius 3 is 2.00 bits per heavy atom. The SMILES string of the molecule is CCOP(=O)(CCCCCCSCC(COC(=O)C1CC2C=CC1C2)OC(=O)C1CC2C=CC1C2)OCC. The summed E-state index contributed by atoms with van der Waals surface area (Å²) in [4.78, 5) is 25.7. The Bertz CT molecular complexity index is 895. The number of fused-ring (bicyclic) bond motifs is 4. The molecule has 0 N–H and O–H groups in total. The lowest BCUT2D eigenvalue weighted by molar-refractivity contribution is -0.163. The number of unbranched alkanes of at least 4 members (excludes halogenated alkanes) is 3. The van der Waals surface area contributed by atoms with Gasteiger partial charge in [-0.1, -0.05) is 37.1 Å². The van der Waals surface area contributed by atoms with Crippen LogP contribution < -0.4 is 0 Å². The molecule has 0 radical (unpaired) electrons. The van der Waals surface area contributed by atoms with Crippen molar-refractivity contribution < 1.29 is 32.7 Å². The minimum absolute atomic E-state index is 0.0505. The highest BCUT2D eigenvalue weighted by Gasteiger charge is 2.43. The zero-order chi connectivity index (χ0) is 27.0. The molecule has 0 spiro atoms. The van der Waals surface area contributed by atoms with Crippen LogP contribution in [0.5, 0.6) is 0 Å². The minimum atomic E-state index is -2.95. The molecule has 0 aliphatic heterocycles. The van der Waals surface area contributed by atoms with E-state index < -0.39 is 13.7 Å². The van der Waals surface area contributed by atoms with Gasteiger partial charge in [-0.25, -0.2) is 0 Å². The zero-order valence-electron chi connectivity index (χ0n) is 23.0. The minimum Gasteiger partial charge on any atom is -0.461 e. The lowest BCUT2D eigenvalue weighted by Crippen LogP contribution is -2.33. The topological polar surface area (TPSA) is 88.1 Å². The Labute approximate surface area is 232 Å². The third kappa shape index (κ3) is 8.22. The van der Waals surface area contributed by atoms with Gasteiger partial charge in [0.05, 0.1) is 31.2 Å². The molecule has 4 aliphatic carbocycles. The summed E-state index contributed by atoms with van der Waals surface area (Å²) in [7, 11) is -2.95. The van der Waals surface area contributed by atoms with E-state index in [-0.39, 0.29) is 30.4 Å². The van der Waals surface area contributed by atoms with Gasteiger partial charge in [0.2, 0.25) is 0 Å². The highest BCUT2D eigenvalue weighted by Crippen LogP contribution is 2.49. The quantitative estimate of drug-likeness (QED) is 0.0810. The van der Waals surface area contributed by atoms with E-state index in [1.54, 1.807) is 11.8 Å². The summed E-state index contributed by atoms with van der Waals surface area (Å²) < 4.78 is 34.9. The van der Waals surface area contributed by atoms with Gasteiger partial charge in [0.25, 0.3) is 0 Å². The molecule has 4 bridgehead atoms. The van der Waals surface area contributed by atoms with Crippen molar-refractivity contribution in [3.8, 4) is 0 Å². The number of hydrogen-bond donors (Lipinski definition) is 0. The summed E-state index contributed by atoms with van der Waals surface area (Å²) in [5.74, 6) is 2.78. The standard InChI is InChI=1S/C29H45O7PS/c1-3-34-37(32,35-4-2)13-7-5-6-8-14-38-20-25(36-29(31)27-18-22-10-12-24(27)16-22)19-33-28(30)26-17-21-9-11-23(26)15-21/h9-12,21-27H,3-8,13-20H2,1-2H3. The number of allylic oxidation sites excluding steroid dienone is 4. The number of ether oxygens (including phenoxy) is 2. The number of thioether (sulfide) groups is 1. The molecule has 2 saturated carbocycles. The summed E-state index contributed by atoms with van der Waals surface area (Å²) >= 11 is 1.74. The fraction of sp³-hybridized carbons (Fsp3) is 0.793. The first kappa shape index (κ1) is 29.9. The van der Waals surface area contributed by atoms with Crippen molar-refractivity contribution >= 4 is 31.3 Å². The molecular formula is C29H45O7PS. The van der Waals surface area contributed by atoms with Gasteiger partial charge in [-0.05, 0) is 81.8 Å². The molecule has 2 fully saturated rings. The number of carbonyl (C=O) groups excluding carboxylic acids is 2. The first-order valence-electron chi connectivity index (χ1n) is 14.6. The molecule has 4 aliphatic rings. The van der Waals surface area contributed by atoms with E-state index in [0.717, 1.165) is 57.1 Å². The third-order valence-electron chi connectivity index (χ3n) is 8.28. The maximum absolute atomic E-state index is 13.0. The second-order valence-electron chi connectivity index (χ2n) is 11.1. The zero-order valence-corrected chi connectivity index (χ0v) is 24.7. The van der Waals surface area contributed by atoms with Crippen LogP contribution in [0.25, 0.3) is 0 Å². The molecule has 0 saturated heterocycles. The molecule has 0 aromatic carbocycles. The first-order valence-corrected chi connectivity index (χ1v) is 17.5. The molecule has 214 valence electrons. The molecule has 7 atom stereocenters. The maximum atomic E-state index is 13.0. The van der Waals surface area contributed by atoms with Crippen molar-refractivity contribution in [1.82, 2.24) is 0 Å². The Kier molecular flexibility index (Phi) is 11.4. The van der Waals surface area contributed by atoms with E-state index in [4.69, 9.17) is 18.5 Å². The van der Waals surface area contributed by atoms with Crippen LogP contribution in [-0.4, -0.2) is 55.5 Å². The van der Waals surface area contributed by atoms with Crippen molar-refractivity contribution in [1.29, 1.82) is 0 Å². The molecule has 7 unspecified atom stereocenters. The number of carbonyl (C=O) groups is 2.